The Morgan fingerprint density at radius 2 is 1.62 bits per heavy atom. The number of hydrogen-bond donors (Lipinski definition) is 1. The van der Waals surface area contributed by atoms with Crippen molar-refractivity contribution in [2.75, 3.05) is 32.7 Å². The van der Waals surface area contributed by atoms with Gasteiger partial charge in [-0.05, 0) is 34.9 Å². The van der Waals surface area contributed by atoms with Gasteiger partial charge in [-0.2, -0.15) is 0 Å². The normalized spacial score (nSPS) is 21.1. The molecule has 3 heterocycles. The first-order valence-electron chi connectivity index (χ1n) is 11.4. The van der Waals surface area contributed by atoms with Crippen molar-refractivity contribution < 1.29 is 19.2 Å². The van der Waals surface area contributed by atoms with Crippen LogP contribution in [0.25, 0.3) is 0 Å². The molecule has 0 bridgehead atoms. The Balaban J connectivity index is 1.39. The van der Waals surface area contributed by atoms with Gasteiger partial charge in [0.2, 0.25) is 5.91 Å². The summed E-state index contributed by atoms with van der Waals surface area (Å²) in [6, 6.07) is 10.7. The maximum atomic E-state index is 13.2. The highest BCUT2D eigenvalue weighted by atomic mass is 32.1. The number of imide groups is 1. The molecule has 2 saturated heterocycles. The van der Waals surface area contributed by atoms with E-state index in [4.69, 9.17) is 0 Å². The van der Waals surface area contributed by atoms with Crippen LogP contribution in [-0.4, -0.2) is 71.2 Å². The summed E-state index contributed by atoms with van der Waals surface area (Å²) >= 11 is 1.39. The zero-order chi connectivity index (χ0) is 24.7. The molecule has 0 aliphatic carbocycles. The van der Waals surface area contributed by atoms with Crippen molar-refractivity contribution in [3.8, 4) is 0 Å². The number of piperazine rings is 1. The molecule has 2 aliphatic rings. The lowest BCUT2D eigenvalue weighted by atomic mass is 9.84. The van der Waals surface area contributed by atoms with Gasteiger partial charge < -0.3 is 15.1 Å². The number of carbonyl (C=O) groups excluding carboxylic acids is 4. The third-order valence-electron chi connectivity index (χ3n) is 6.55. The van der Waals surface area contributed by atoms with E-state index in [2.05, 4.69) is 26.1 Å². The van der Waals surface area contributed by atoms with Crippen molar-refractivity contribution >= 4 is 35.1 Å². The number of amides is 5. The predicted octanol–water partition coefficient (Wildman–Crippen LogP) is 2.80. The molecule has 0 spiro atoms. The molecule has 1 aromatic carbocycles. The summed E-state index contributed by atoms with van der Waals surface area (Å²) < 4.78 is 0. The van der Waals surface area contributed by atoms with Gasteiger partial charge in [0.05, 0.1) is 4.88 Å². The van der Waals surface area contributed by atoms with Crippen LogP contribution in [-0.2, 0) is 20.5 Å². The van der Waals surface area contributed by atoms with Crippen LogP contribution in [0.2, 0.25) is 0 Å². The molecule has 34 heavy (non-hydrogen) atoms. The van der Waals surface area contributed by atoms with Crippen molar-refractivity contribution in [2.24, 2.45) is 0 Å². The van der Waals surface area contributed by atoms with E-state index in [-0.39, 0.29) is 23.8 Å². The fraction of sp³-hybridized carbons (Fsp3) is 0.440. The molecule has 2 aromatic rings. The lowest BCUT2D eigenvalue weighted by Crippen LogP contribution is -2.53. The van der Waals surface area contributed by atoms with Crippen LogP contribution in [0, 0.1) is 0 Å². The molecule has 2 fully saturated rings. The highest BCUT2D eigenvalue weighted by Crippen LogP contribution is 2.31. The Labute approximate surface area is 203 Å². The summed E-state index contributed by atoms with van der Waals surface area (Å²) in [7, 11) is 0. The Kier molecular flexibility index (Phi) is 6.24. The first kappa shape index (κ1) is 23.9. The van der Waals surface area contributed by atoms with Gasteiger partial charge >= 0.3 is 6.03 Å². The summed E-state index contributed by atoms with van der Waals surface area (Å²) in [6.07, 6.45) is 0. The molecular formula is C25H30N4O4S. The minimum absolute atomic E-state index is 0.0285. The Hall–Kier alpha value is -3.20. The minimum Gasteiger partial charge on any atom is -0.338 e. The van der Waals surface area contributed by atoms with Crippen LogP contribution in [0.5, 0.6) is 0 Å². The third-order valence-corrected chi connectivity index (χ3v) is 7.41. The smallest absolute Gasteiger partial charge is 0.325 e. The van der Waals surface area contributed by atoms with Gasteiger partial charge in [0.25, 0.3) is 11.8 Å². The van der Waals surface area contributed by atoms with Gasteiger partial charge in [-0.1, -0.05) is 51.1 Å². The molecular weight excluding hydrogens is 452 g/mol. The van der Waals surface area contributed by atoms with E-state index in [1.807, 2.05) is 35.7 Å². The highest BCUT2D eigenvalue weighted by molar-refractivity contribution is 7.12. The van der Waals surface area contributed by atoms with Crippen molar-refractivity contribution in [3.63, 3.8) is 0 Å². The molecule has 180 valence electrons. The molecule has 5 amide bonds. The van der Waals surface area contributed by atoms with Gasteiger partial charge in [-0.25, -0.2) is 4.79 Å². The number of carbonyl (C=O) groups is 4. The summed E-state index contributed by atoms with van der Waals surface area (Å²) in [5.74, 6) is -0.788. The number of urea groups is 1. The monoisotopic (exact) mass is 482 g/mol. The maximum absolute atomic E-state index is 13.2. The van der Waals surface area contributed by atoms with Gasteiger partial charge in [-0.3, -0.25) is 19.3 Å². The van der Waals surface area contributed by atoms with E-state index in [0.717, 1.165) is 10.5 Å². The van der Waals surface area contributed by atoms with Crippen molar-refractivity contribution in [1.82, 2.24) is 20.0 Å². The zero-order valence-corrected chi connectivity index (χ0v) is 20.8. The van der Waals surface area contributed by atoms with E-state index in [9.17, 15) is 19.2 Å². The van der Waals surface area contributed by atoms with Crippen molar-refractivity contribution in [1.29, 1.82) is 0 Å². The summed E-state index contributed by atoms with van der Waals surface area (Å²) in [5, 5.41) is 4.62. The van der Waals surface area contributed by atoms with E-state index in [1.54, 1.807) is 22.8 Å². The lowest BCUT2D eigenvalue weighted by Gasteiger charge is -2.35. The quantitative estimate of drug-likeness (QED) is 0.679. The van der Waals surface area contributed by atoms with Crippen LogP contribution in [0.4, 0.5) is 4.79 Å². The fourth-order valence-electron chi connectivity index (χ4n) is 4.29. The number of hydrogen-bond acceptors (Lipinski definition) is 5. The van der Waals surface area contributed by atoms with E-state index < -0.39 is 17.5 Å². The zero-order valence-electron chi connectivity index (χ0n) is 20.0. The number of benzene rings is 1. The molecule has 4 rings (SSSR count). The van der Waals surface area contributed by atoms with Gasteiger partial charge in [0, 0.05) is 26.2 Å². The van der Waals surface area contributed by atoms with Gasteiger partial charge in [-0.15, -0.1) is 11.3 Å². The SMILES string of the molecule is CC(C)(C)c1ccc([C@]2(C)NC(=O)N(CC(=O)N3CCN(C(=O)c4cccs4)CC3)C2=O)cc1. The maximum Gasteiger partial charge on any atom is 0.325 e. The molecule has 9 heteroatoms. The first-order valence-corrected chi connectivity index (χ1v) is 12.2. The number of nitrogens with one attached hydrogen (secondary N) is 1. The largest absolute Gasteiger partial charge is 0.338 e. The third kappa shape index (κ3) is 4.44. The standard InChI is InChI=1S/C25H30N4O4S/c1-24(2,3)17-7-9-18(10-8-17)25(4)22(32)29(23(33)26-25)16-20(30)27-11-13-28(14-12-27)21(31)19-6-5-15-34-19/h5-10,15H,11-14,16H2,1-4H3,(H,26,33)/t25-/m0/s1. The van der Waals surface area contributed by atoms with Crippen LogP contribution in [0.15, 0.2) is 41.8 Å². The fourth-order valence-corrected chi connectivity index (χ4v) is 4.98. The molecule has 1 N–H and O–H groups in total. The molecule has 0 unspecified atom stereocenters. The second-order valence-corrected chi connectivity index (χ2v) is 10.9. The highest BCUT2D eigenvalue weighted by Gasteiger charge is 2.49. The summed E-state index contributed by atoms with van der Waals surface area (Å²) in [5.41, 5.74) is 0.550. The van der Waals surface area contributed by atoms with Gasteiger partial charge in [0.1, 0.15) is 12.1 Å². The first-order chi connectivity index (χ1) is 16.0. The number of rotatable bonds is 4. The molecule has 0 radical (unpaired) electrons. The second kappa shape index (κ2) is 8.87. The van der Waals surface area contributed by atoms with Crippen LogP contribution < -0.4 is 5.32 Å². The predicted molar refractivity (Wildman–Crippen MR) is 130 cm³/mol. The average Bonchev–Trinajstić information content (AvgIpc) is 3.42. The molecule has 2 aliphatic heterocycles. The molecule has 1 atom stereocenters. The Bertz CT molecular complexity index is 1100. The van der Waals surface area contributed by atoms with Gasteiger partial charge in [0.15, 0.2) is 0 Å². The topological polar surface area (TPSA) is 90.0 Å². The number of thiophene rings is 1. The minimum atomic E-state index is -1.22. The average molecular weight is 483 g/mol. The Morgan fingerprint density at radius 3 is 2.18 bits per heavy atom. The Morgan fingerprint density at radius 1 is 1.00 bits per heavy atom. The lowest BCUT2D eigenvalue weighted by molar-refractivity contribution is -0.139. The molecule has 0 saturated carbocycles. The van der Waals surface area contributed by atoms with E-state index in [0.29, 0.717) is 36.6 Å². The molecule has 1 aromatic heterocycles. The van der Waals surface area contributed by atoms with E-state index in [1.165, 1.54) is 11.3 Å². The molecule has 8 nitrogen and oxygen atoms in total. The van der Waals surface area contributed by atoms with E-state index >= 15 is 0 Å². The second-order valence-electron chi connectivity index (χ2n) is 9.92. The van der Waals surface area contributed by atoms with Crippen LogP contribution in [0.3, 0.4) is 0 Å². The number of nitrogens with zero attached hydrogens (tertiary/aromatic N) is 3. The van der Waals surface area contributed by atoms with Crippen molar-refractivity contribution in [3.05, 3.63) is 57.8 Å². The van der Waals surface area contributed by atoms with Crippen molar-refractivity contribution in [2.45, 2.75) is 38.6 Å². The van der Waals surface area contributed by atoms with Crippen LogP contribution in [0.1, 0.15) is 48.5 Å². The summed E-state index contributed by atoms with van der Waals surface area (Å²) in [6.45, 7) is 9.24. The van der Waals surface area contributed by atoms with Crippen LogP contribution >= 0.6 is 11.3 Å². The summed E-state index contributed by atoms with van der Waals surface area (Å²) in [4.78, 5) is 56.3.